The quantitative estimate of drug-likeness (QED) is 0.852. The number of nitrogens with one attached hydrogen (secondary N) is 1. The van der Waals surface area contributed by atoms with Crippen molar-refractivity contribution in [2.24, 2.45) is 0 Å². The lowest BCUT2D eigenvalue weighted by Crippen LogP contribution is -2.30. The Morgan fingerprint density at radius 2 is 1.89 bits per heavy atom. The van der Waals surface area contributed by atoms with Gasteiger partial charge in [-0.15, -0.1) is 0 Å². The molecule has 0 unspecified atom stereocenters. The lowest BCUT2D eigenvalue weighted by Gasteiger charge is -2.09. The van der Waals surface area contributed by atoms with E-state index in [0.29, 0.717) is 0 Å². The van der Waals surface area contributed by atoms with E-state index in [9.17, 15) is 22.8 Å². The zero-order valence-corrected chi connectivity index (χ0v) is 8.75. The maximum Gasteiger partial charge on any atom is 0.471 e. The van der Waals surface area contributed by atoms with Gasteiger partial charge in [-0.2, -0.15) is 13.2 Å². The number of anilines is 1. The van der Waals surface area contributed by atoms with Crippen molar-refractivity contribution < 1.29 is 22.4 Å². The fourth-order valence-corrected chi connectivity index (χ4v) is 1.45. The van der Waals surface area contributed by atoms with Gasteiger partial charge in [-0.3, -0.25) is 4.79 Å². The molecule has 0 fully saturated rings. The maximum absolute atomic E-state index is 12.1. The van der Waals surface area contributed by atoms with Crippen LogP contribution in [0.2, 0.25) is 0 Å². The Morgan fingerprint density at radius 1 is 1.17 bits per heavy atom. The molecule has 94 valence electrons. The van der Waals surface area contributed by atoms with Gasteiger partial charge in [0.1, 0.15) is 0 Å². The van der Waals surface area contributed by atoms with Gasteiger partial charge in [0, 0.05) is 11.1 Å². The van der Waals surface area contributed by atoms with Gasteiger partial charge in [-0.1, -0.05) is 6.07 Å². The normalized spacial score (nSPS) is 11.5. The minimum atomic E-state index is -4.98. The van der Waals surface area contributed by atoms with Gasteiger partial charge >= 0.3 is 17.7 Å². The summed E-state index contributed by atoms with van der Waals surface area (Å²) in [7, 11) is 0. The van der Waals surface area contributed by atoms with Crippen molar-refractivity contribution in [1.82, 2.24) is 0 Å². The van der Waals surface area contributed by atoms with Crippen LogP contribution in [-0.4, -0.2) is 12.1 Å². The number of benzene rings is 1. The van der Waals surface area contributed by atoms with Crippen LogP contribution < -0.4 is 10.9 Å². The second kappa shape index (κ2) is 4.17. The van der Waals surface area contributed by atoms with Crippen LogP contribution in [0.4, 0.5) is 18.9 Å². The number of carbonyl (C=O) groups excluding carboxylic acids is 1. The highest BCUT2D eigenvalue weighted by atomic mass is 19.4. The first kappa shape index (κ1) is 12.2. The van der Waals surface area contributed by atoms with Gasteiger partial charge in [-0.05, 0) is 18.2 Å². The number of hydrogen-bond acceptors (Lipinski definition) is 3. The van der Waals surface area contributed by atoms with E-state index in [-0.39, 0.29) is 16.5 Å². The zero-order chi connectivity index (χ0) is 13.3. The van der Waals surface area contributed by atoms with E-state index in [1.807, 2.05) is 0 Å². The Morgan fingerprint density at radius 3 is 2.56 bits per heavy atom. The molecule has 2 rings (SSSR count). The maximum atomic E-state index is 12.1. The summed E-state index contributed by atoms with van der Waals surface area (Å²) in [5.74, 6) is -2.09. The SMILES string of the molecule is O=C(Nc1cccc2c(=O)occc12)C(F)(F)F. The van der Waals surface area contributed by atoms with Gasteiger partial charge in [0.05, 0.1) is 11.6 Å². The van der Waals surface area contributed by atoms with Crippen molar-refractivity contribution in [2.45, 2.75) is 6.18 Å². The van der Waals surface area contributed by atoms with Crippen LogP contribution in [0, 0.1) is 0 Å². The topological polar surface area (TPSA) is 59.3 Å². The number of hydrogen-bond donors (Lipinski definition) is 1. The molecule has 0 atom stereocenters. The molecule has 18 heavy (non-hydrogen) atoms. The van der Waals surface area contributed by atoms with E-state index in [0.717, 1.165) is 6.26 Å². The van der Waals surface area contributed by atoms with Gasteiger partial charge in [-0.25, -0.2) is 4.79 Å². The number of rotatable bonds is 1. The van der Waals surface area contributed by atoms with Crippen LogP contribution in [0.5, 0.6) is 0 Å². The number of alkyl halides is 3. The first-order valence-corrected chi connectivity index (χ1v) is 4.78. The van der Waals surface area contributed by atoms with Crippen LogP contribution in [-0.2, 0) is 4.79 Å². The molecule has 0 spiro atoms. The van der Waals surface area contributed by atoms with Crippen LogP contribution in [0.1, 0.15) is 0 Å². The lowest BCUT2D eigenvalue weighted by molar-refractivity contribution is -0.167. The van der Waals surface area contributed by atoms with E-state index in [2.05, 4.69) is 4.42 Å². The van der Waals surface area contributed by atoms with Crippen molar-refractivity contribution in [3.63, 3.8) is 0 Å². The summed E-state index contributed by atoms with van der Waals surface area (Å²) in [5, 5.41) is 1.99. The molecule has 2 aromatic rings. The summed E-state index contributed by atoms with van der Waals surface area (Å²) in [6.45, 7) is 0. The lowest BCUT2D eigenvalue weighted by atomic mass is 10.1. The summed E-state index contributed by atoms with van der Waals surface area (Å²) in [6, 6.07) is 5.32. The molecular weight excluding hydrogens is 251 g/mol. The molecule has 0 saturated heterocycles. The molecular formula is C11H6F3NO3. The molecule has 0 saturated carbocycles. The molecule has 1 amide bonds. The average Bonchev–Trinajstić information content (AvgIpc) is 2.29. The Kier molecular flexibility index (Phi) is 2.82. The Bertz CT molecular complexity index is 660. The molecule has 0 aliphatic heterocycles. The molecule has 0 bridgehead atoms. The minimum absolute atomic E-state index is 0.0947. The van der Waals surface area contributed by atoms with Gasteiger partial charge < -0.3 is 9.73 Å². The largest absolute Gasteiger partial charge is 0.471 e. The molecule has 0 radical (unpaired) electrons. The number of fused-ring (bicyclic) bond motifs is 1. The van der Waals surface area contributed by atoms with E-state index in [4.69, 9.17) is 0 Å². The third kappa shape index (κ3) is 2.20. The molecule has 1 N–H and O–H groups in total. The Balaban J connectivity index is 2.50. The van der Waals surface area contributed by atoms with Gasteiger partial charge in [0.2, 0.25) is 0 Å². The Hall–Kier alpha value is -2.31. The van der Waals surface area contributed by atoms with E-state index >= 15 is 0 Å². The third-order valence-corrected chi connectivity index (χ3v) is 2.24. The zero-order valence-electron chi connectivity index (χ0n) is 8.75. The second-order valence-electron chi connectivity index (χ2n) is 3.43. The van der Waals surface area contributed by atoms with Crippen molar-refractivity contribution in [3.8, 4) is 0 Å². The number of halogens is 3. The fourth-order valence-electron chi connectivity index (χ4n) is 1.45. The molecule has 1 aromatic carbocycles. The summed E-state index contributed by atoms with van der Waals surface area (Å²) >= 11 is 0. The fraction of sp³-hybridized carbons (Fsp3) is 0.0909. The highest BCUT2D eigenvalue weighted by Gasteiger charge is 2.38. The van der Waals surface area contributed by atoms with Gasteiger partial charge in [0.15, 0.2) is 0 Å². The minimum Gasteiger partial charge on any atom is -0.431 e. The van der Waals surface area contributed by atoms with Crippen LogP contribution in [0.3, 0.4) is 0 Å². The second-order valence-corrected chi connectivity index (χ2v) is 3.43. The third-order valence-electron chi connectivity index (χ3n) is 2.24. The smallest absolute Gasteiger partial charge is 0.431 e. The predicted octanol–water partition coefficient (Wildman–Crippen LogP) is 2.29. The number of amides is 1. The molecule has 4 nitrogen and oxygen atoms in total. The number of carbonyl (C=O) groups is 1. The monoisotopic (exact) mass is 257 g/mol. The summed E-state index contributed by atoms with van der Waals surface area (Å²) in [6.07, 6.45) is -3.93. The van der Waals surface area contributed by atoms with Crippen molar-refractivity contribution >= 4 is 22.4 Å². The molecule has 1 aromatic heterocycles. The van der Waals surface area contributed by atoms with Crippen molar-refractivity contribution in [1.29, 1.82) is 0 Å². The van der Waals surface area contributed by atoms with E-state index in [1.54, 1.807) is 5.32 Å². The van der Waals surface area contributed by atoms with Gasteiger partial charge in [0.25, 0.3) is 0 Å². The first-order valence-electron chi connectivity index (χ1n) is 4.78. The average molecular weight is 257 g/mol. The van der Waals surface area contributed by atoms with Crippen LogP contribution in [0.15, 0.2) is 39.7 Å². The van der Waals surface area contributed by atoms with E-state index < -0.39 is 17.7 Å². The molecule has 0 aliphatic rings. The predicted molar refractivity (Wildman–Crippen MR) is 57.2 cm³/mol. The summed E-state index contributed by atoms with van der Waals surface area (Å²) in [4.78, 5) is 22.1. The highest BCUT2D eigenvalue weighted by molar-refractivity contribution is 6.03. The van der Waals surface area contributed by atoms with Crippen molar-refractivity contribution in [2.75, 3.05) is 5.32 Å². The summed E-state index contributed by atoms with van der Waals surface area (Å²) in [5.41, 5.74) is -0.779. The molecule has 7 heteroatoms. The highest BCUT2D eigenvalue weighted by Crippen LogP contribution is 2.23. The Labute approximate surface area is 98.0 Å². The summed E-state index contributed by atoms with van der Waals surface area (Å²) < 4.78 is 40.9. The first-order chi connectivity index (χ1) is 8.39. The molecule has 1 heterocycles. The van der Waals surface area contributed by atoms with E-state index in [1.165, 1.54) is 24.3 Å². The van der Waals surface area contributed by atoms with Crippen LogP contribution >= 0.6 is 0 Å². The van der Waals surface area contributed by atoms with Crippen molar-refractivity contribution in [3.05, 3.63) is 40.9 Å². The molecule has 0 aliphatic carbocycles. The van der Waals surface area contributed by atoms with Crippen LogP contribution in [0.25, 0.3) is 10.8 Å². The standard InChI is InChI=1S/C11H6F3NO3/c12-11(13,14)10(17)15-8-3-1-2-7-6(8)4-5-18-9(7)16/h1-5H,(H,15,17).